The van der Waals surface area contributed by atoms with Crippen LogP contribution in [0.5, 0.6) is 0 Å². The molecule has 9 heteroatoms. The summed E-state index contributed by atoms with van der Waals surface area (Å²) in [6.07, 6.45) is 0. The molecule has 0 spiro atoms. The highest BCUT2D eigenvalue weighted by atomic mass is 32.1. The Bertz CT molecular complexity index is 1040. The first-order valence-electron chi connectivity index (χ1n) is 8.73. The molecule has 0 radical (unpaired) electrons. The molecule has 0 bridgehead atoms. The molecule has 1 aromatic carbocycles. The molecule has 1 fully saturated rings. The van der Waals surface area contributed by atoms with Crippen molar-refractivity contribution < 1.29 is 19.2 Å². The zero-order valence-electron chi connectivity index (χ0n) is 15.4. The molecule has 1 aliphatic heterocycles. The molecule has 0 aliphatic carbocycles. The molecule has 1 saturated heterocycles. The molecule has 1 N–H and O–H groups in total. The normalized spacial score (nSPS) is 14.1. The first kappa shape index (κ1) is 18.2. The maximum Gasteiger partial charge on any atom is 0.347 e. The van der Waals surface area contributed by atoms with Gasteiger partial charge in [-0.3, -0.25) is 4.90 Å². The van der Waals surface area contributed by atoms with Crippen LogP contribution in [0.25, 0.3) is 11.3 Å². The molecule has 8 nitrogen and oxygen atoms in total. The van der Waals surface area contributed by atoms with Gasteiger partial charge in [0.05, 0.1) is 17.9 Å². The summed E-state index contributed by atoms with van der Waals surface area (Å²) in [5.41, 5.74) is 2.93. The van der Waals surface area contributed by atoms with Gasteiger partial charge in [-0.1, -0.05) is 46.8 Å². The van der Waals surface area contributed by atoms with Crippen LogP contribution < -0.4 is 4.90 Å². The predicted molar refractivity (Wildman–Crippen MR) is 104 cm³/mol. The quantitative estimate of drug-likeness (QED) is 0.705. The predicted octanol–water partition coefficient (Wildman–Crippen LogP) is 3.56. The highest BCUT2D eigenvalue weighted by Gasteiger charge is 2.34. The largest absolute Gasteiger partial charge is 0.477 e. The van der Waals surface area contributed by atoms with Crippen LogP contribution in [0.4, 0.5) is 9.93 Å². The fraction of sp³-hybridized carbons (Fsp3) is 0.263. The van der Waals surface area contributed by atoms with Gasteiger partial charge >= 0.3 is 12.0 Å². The molecule has 4 rings (SSSR count). The van der Waals surface area contributed by atoms with Crippen LogP contribution in [0.2, 0.25) is 0 Å². The Morgan fingerprint density at radius 2 is 1.96 bits per heavy atom. The number of thiazole rings is 1. The van der Waals surface area contributed by atoms with Gasteiger partial charge < -0.3 is 14.5 Å². The Morgan fingerprint density at radius 3 is 2.64 bits per heavy atom. The van der Waals surface area contributed by atoms with E-state index in [1.807, 2.05) is 37.3 Å². The fourth-order valence-corrected chi connectivity index (χ4v) is 4.11. The zero-order valence-corrected chi connectivity index (χ0v) is 16.2. The van der Waals surface area contributed by atoms with Crippen molar-refractivity contribution in [3.8, 4) is 11.3 Å². The first-order chi connectivity index (χ1) is 13.5. The monoisotopic (exact) mass is 398 g/mol. The summed E-state index contributed by atoms with van der Waals surface area (Å²) in [6.45, 7) is 4.82. The number of aromatic carboxylic acids is 1. The van der Waals surface area contributed by atoms with Crippen LogP contribution in [0, 0.1) is 13.8 Å². The van der Waals surface area contributed by atoms with E-state index >= 15 is 0 Å². The smallest absolute Gasteiger partial charge is 0.347 e. The molecule has 2 aromatic heterocycles. The van der Waals surface area contributed by atoms with Crippen LogP contribution in [0.1, 0.15) is 26.6 Å². The molecule has 28 heavy (non-hydrogen) atoms. The Balaban J connectivity index is 1.57. The van der Waals surface area contributed by atoms with E-state index in [0.717, 1.165) is 28.2 Å². The minimum Gasteiger partial charge on any atom is -0.477 e. The van der Waals surface area contributed by atoms with Crippen molar-refractivity contribution in [2.45, 2.75) is 20.4 Å². The second kappa shape index (κ2) is 7.08. The number of aromatic nitrogens is 2. The van der Waals surface area contributed by atoms with Crippen molar-refractivity contribution in [1.29, 1.82) is 0 Å². The Hall–Kier alpha value is -3.20. The lowest BCUT2D eigenvalue weighted by Gasteiger charge is -2.17. The standard InChI is InChI=1S/C19H18N4O4S/c1-11-14(15(27-21-11)13-6-4-3-5-7-13)10-22-8-9-23(19(22)26)18-20-12(2)16(28-18)17(24)25/h3-7H,8-10H2,1-2H3,(H,24,25). The molecule has 2 amide bonds. The van der Waals surface area contributed by atoms with Crippen molar-refractivity contribution in [1.82, 2.24) is 15.0 Å². The van der Waals surface area contributed by atoms with Gasteiger partial charge in [-0.15, -0.1) is 0 Å². The minimum atomic E-state index is -1.03. The third-order valence-electron chi connectivity index (χ3n) is 4.68. The van der Waals surface area contributed by atoms with Gasteiger partial charge in [-0.2, -0.15) is 0 Å². The van der Waals surface area contributed by atoms with Gasteiger partial charge in [0.2, 0.25) is 0 Å². The van der Waals surface area contributed by atoms with E-state index in [2.05, 4.69) is 10.1 Å². The van der Waals surface area contributed by atoms with Crippen LogP contribution in [-0.2, 0) is 6.54 Å². The number of nitrogens with zero attached hydrogens (tertiary/aromatic N) is 4. The molecule has 1 aliphatic rings. The van der Waals surface area contributed by atoms with Crippen LogP contribution in [0.15, 0.2) is 34.9 Å². The molecule has 3 aromatic rings. The van der Waals surface area contributed by atoms with E-state index in [4.69, 9.17) is 4.52 Å². The third kappa shape index (κ3) is 3.13. The highest BCUT2D eigenvalue weighted by Crippen LogP contribution is 2.31. The summed E-state index contributed by atoms with van der Waals surface area (Å²) < 4.78 is 5.51. The van der Waals surface area contributed by atoms with Gasteiger partial charge in [-0.05, 0) is 13.8 Å². The minimum absolute atomic E-state index is 0.155. The Labute approximate surface area is 165 Å². The van der Waals surface area contributed by atoms with Crippen molar-refractivity contribution in [2.24, 2.45) is 0 Å². The van der Waals surface area contributed by atoms with Crippen LogP contribution >= 0.6 is 11.3 Å². The number of rotatable bonds is 5. The molecule has 0 saturated carbocycles. The molecule has 3 heterocycles. The third-order valence-corrected chi connectivity index (χ3v) is 5.84. The first-order valence-corrected chi connectivity index (χ1v) is 9.55. The number of carbonyl (C=O) groups is 2. The second-order valence-electron chi connectivity index (χ2n) is 6.51. The van der Waals surface area contributed by atoms with E-state index < -0.39 is 5.97 Å². The summed E-state index contributed by atoms with van der Waals surface area (Å²) in [4.78, 5) is 31.8. The van der Waals surface area contributed by atoms with E-state index in [1.165, 1.54) is 4.90 Å². The van der Waals surface area contributed by atoms with Gasteiger partial charge in [0, 0.05) is 24.2 Å². The number of hydrogen-bond acceptors (Lipinski definition) is 6. The summed E-state index contributed by atoms with van der Waals surface area (Å²) in [5, 5.41) is 13.7. The summed E-state index contributed by atoms with van der Waals surface area (Å²) in [6, 6.07) is 9.44. The summed E-state index contributed by atoms with van der Waals surface area (Å²) in [7, 11) is 0. The SMILES string of the molecule is Cc1nc(N2CCN(Cc3c(C)noc3-c3ccccc3)C2=O)sc1C(=O)O. The van der Waals surface area contributed by atoms with Crippen molar-refractivity contribution in [3.63, 3.8) is 0 Å². The number of hydrogen-bond donors (Lipinski definition) is 1. The molecular formula is C19H18N4O4S. The second-order valence-corrected chi connectivity index (χ2v) is 7.49. The van der Waals surface area contributed by atoms with E-state index in [1.54, 1.807) is 11.8 Å². The van der Waals surface area contributed by atoms with E-state index in [0.29, 0.717) is 36.2 Å². The summed E-state index contributed by atoms with van der Waals surface area (Å²) in [5.74, 6) is -0.375. The number of aryl methyl sites for hydroxylation is 2. The Morgan fingerprint density at radius 1 is 1.21 bits per heavy atom. The number of carbonyl (C=O) groups excluding carboxylic acids is 1. The molecular weight excluding hydrogens is 380 g/mol. The van der Waals surface area contributed by atoms with Gasteiger partial charge in [-0.25, -0.2) is 14.6 Å². The highest BCUT2D eigenvalue weighted by molar-refractivity contribution is 7.17. The zero-order chi connectivity index (χ0) is 19.8. The van der Waals surface area contributed by atoms with E-state index in [-0.39, 0.29) is 10.9 Å². The van der Waals surface area contributed by atoms with Crippen LogP contribution in [-0.4, -0.2) is 45.2 Å². The van der Waals surface area contributed by atoms with Crippen LogP contribution in [0.3, 0.4) is 0 Å². The number of urea groups is 1. The number of amides is 2. The maximum absolute atomic E-state index is 12.9. The van der Waals surface area contributed by atoms with E-state index in [9.17, 15) is 14.7 Å². The molecule has 144 valence electrons. The Kier molecular flexibility index (Phi) is 4.60. The van der Waals surface area contributed by atoms with Crippen molar-refractivity contribution in [2.75, 3.05) is 18.0 Å². The van der Waals surface area contributed by atoms with Crippen molar-refractivity contribution in [3.05, 3.63) is 52.2 Å². The average molecular weight is 398 g/mol. The topological polar surface area (TPSA) is 99.8 Å². The lowest BCUT2D eigenvalue weighted by molar-refractivity contribution is 0.0701. The summed E-state index contributed by atoms with van der Waals surface area (Å²) >= 11 is 1.02. The van der Waals surface area contributed by atoms with Gasteiger partial charge in [0.15, 0.2) is 10.9 Å². The lowest BCUT2D eigenvalue weighted by Crippen LogP contribution is -2.31. The lowest BCUT2D eigenvalue weighted by atomic mass is 10.1. The average Bonchev–Trinajstić information content (AvgIpc) is 3.35. The molecule has 0 atom stereocenters. The number of carboxylic acids is 1. The number of carboxylic acid groups (broad SMARTS) is 1. The maximum atomic E-state index is 12.9. The molecule has 0 unspecified atom stereocenters. The fourth-order valence-electron chi connectivity index (χ4n) is 3.19. The number of benzene rings is 1. The van der Waals surface area contributed by atoms with Gasteiger partial charge in [0.25, 0.3) is 0 Å². The van der Waals surface area contributed by atoms with Crippen molar-refractivity contribution >= 4 is 28.5 Å². The number of anilines is 1. The van der Waals surface area contributed by atoms with Gasteiger partial charge in [0.1, 0.15) is 4.88 Å².